The Morgan fingerprint density at radius 1 is 1.03 bits per heavy atom. The molecule has 1 unspecified atom stereocenters. The Hall–Kier alpha value is -2.52. The van der Waals surface area contributed by atoms with E-state index in [1.165, 1.54) is 4.31 Å². The largest absolute Gasteiger partial charge is 0.377 e. The van der Waals surface area contributed by atoms with Gasteiger partial charge in [0, 0.05) is 24.6 Å². The summed E-state index contributed by atoms with van der Waals surface area (Å²) in [7, 11) is -3.92. The monoisotopic (exact) mass is 526 g/mol. The Morgan fingerprint density at radius 3 is 2.36 bits per heavy atom. The molecule has 1 atom stereocenters. The van der Waals surface area contributed by atoms with Gasteiger partial charge in [-0.1, -0.05) is 54.1 Å². The molecule has 2 aromatic carbocycles. The third-order valence-corrected chi connectivity index (χ3v) is 9.42. The molecule has 3 aromatic rings. The van der Waals surface area contributed by atoms with Crippen molar-refractivity contribution in [2.24, 2.45) is 0 Å². The van der Waals surface area contributed by atoms with Crippen molar-refractivity contribution in [3.63, 3.8) is 0 Å². The molecule has 0 radical (unpaired) electrons. The lowest BCUT2D eigenvalue weighted by Gasteiger charge is -2.29. The van der Waals surface area contributed by atoms with Crippen molar-refractivity contribution in [2.45, 2.75) is 57.7 Å². The van der Waals surface area contributed by atoms with Crippen LogP contribution in [-0.2, 0) is 32.6 Å². The molecule has 0 saturated carbocycles. The third kappa shape index (κ3) is 6.42. The Labute approximate surface area is 218 Å². The van der Waals surface area contributed by atoms with Gasteiger partial charge in [-0.05, 0) is 61.7 Å². The molecule has 0 N–H and O–H groups in total. The topological polar surface area (TPSA) is 66.9 Å². The second-order valence-electron chi connectivity index (χ2n) is 9.48. The number of rotatable bonds is 10. The highest BCUT2D eigenvalue weighted by Crippen LogP contribution is 2.27. The Bertz CT molecular complexity index is 1250. The van der Waals surface area contributed by atoms with Crippen LogP contribution in [-0.4, -0.2) is 49.3 Å². The molecular weight excluding hydrogens is 492 g/mol. The van der Waals surface area contributed by atoms with Crippen LogP contribution in [0.15, 0.2) is 64.9 Å². The number of carbonyl (C=O) groups is 1. The minimum atomic E-state index is -3.92. The SMILES string of the molecule is Cc1cc(C)c(S(=O)(=O)N(CC(=O)N(Cc2ccccc2)Cc2cccs2)CC2CCCO2)c(C)c1. The summed E-state index contributed by atoms with van der Waals surface area (Å²) in [4.78, 5) is 16.8. The molecule has 1 amide bonds. The van der Waals surface area contributed by atoms with E-state index in [0.717, 1.165) is 28.8 Å². The van der Waals surface area contributed by atoms with Crippen LogP contribution in [0.4, 0.5) is 0 Å². The van der Waals surface area contributed by atoms with Gasteiger partial charge < -0.3 is 9.64 Å². The number of hydrogen-bond acceptors (Lipinski definition) is 5. The molecule has 0 spiro atoms. The van der Waals surface area contributed by atoms with Crippen LogP contribution in [0.2, 0.25) is 0 Å². The van der Waals surface area contributed by atoms with E-state index in [4.69, 9.17) is 4.74 Å². The summed E-state index contributed by atoms with van der Waals surface area (Å²) in [5, 5.41) is 1.98. The lowest BCUT2D eigenvalue weighted by atomic mass is 10.1. The van der Waals surface area contributed by atoms with Gasteiger partial charge in [0.05, 0.1) is 24.1 Å². The number of nitrogens with zero attached hydrogens (tertiary/aromatic N) is 2. The number of benzene rings is 2. The van der Waals surface area contributed by atoms with Crippen LogP contribution < -0.4 is 0 Å². The molecule has 0 aliphatic carbocycles. The standard InChI is InChI=1S/C28H34N2O4S2/c1-21-15-22(2)28(23(3)16-21)36(32,33)30(18-25-11-7-13-34-25)20-27(31)29(19-26-12-8-14-35-26)17-24-9-5-4-6-10-24/h4-6,8-10,12,14-16,25H,7,11,13,17-20H2,1-3H3. The number of aryl methyl sites for hydroxylation is 3. The van der Waals surface area contributed by atoms with E-state index in [-0.39, 0.29) is 30.0 Å². The highest BCUT2D eigenvalue weighted by molar-refractivity contribution is 7.89. The van der Waals surface area contributed by atoms with Crippen LogP contribution >= 0.6 is 11.3 Å². The average molecular weight is 527 g/mol. The molecule has 0 bridgehead atoms. The van der Waals surface area contributed by atoms with Gasteiger partial charge in [0.25, 0.3) is 0 Å². The third-order valence-electron chi connectivity index (χ3n) is 6.44. The maximum Gasteiger partial charge on any atom is 0.244 e. The second kappa shape index (κ2) is 11.7. The molecule has 1 fully saturated rings. The van der Waals surface area contributed by atoms with Gasteiger partial charge >= 0.3 is 0 Å². The van der Waals surface area contributed by atoms with Gasteiger partial charge in [-0.15, -0.1) is 11.3 Å². The molecule has 1 saturated heterocycles. The molecule has 1 aliphatic heterocycles. The van der Waals surface area contributed by atoms with Crippen LogP contribution in [0.25, 0.3) is 0 Å². The number of hydrogen-bond donors (Lipinski definition) is 0. The van der Waals surface area contributed by atoms with E-state index >= 15 is 0 Å². The number of carbonyl (C=O) groups excluding carboxylic acids is 1. The quantitative estimate of drug-likeness (QED) is 0.370. The van der Waals surface area contributed by atoms with Crippen molar-refractivity contribution in [1.29, 1.82) is 0 Å². The summed E-state index contributed by atoms with van der Waals surface area (Å²) in [5.74, 6) is -0.226. The summed E-state index contributed by atoms with van der Waals surface area (Å²) >= 11 is 1.59. The molecule has 8 heteroatoms. The fourth-order valence-electron chi connectivity index (χ4n) is 4.84. The van der Waals surface area contributed by atoms with E-state index in [9.17, 15) is 13.2 Å². The maximum absolute atomic E-state index is 14.0. The Morgan fingerprint density at radius 2 is 1.75 bits per heavy atom. The molecule has 6 nitrogen and oxygen atoms in total. The van der Waals surface area contributed by atoms with Crippen molar-refractivity contribution in [1.82, 2.24) is 9.21 Å². The van der Waals surface area contributed by atoms with Crippen molar-refractivity contribution >= 4 is 27.3 Å². The van der Waals surface area contributed by atoms with Crippen molar-refractivity contribution in [3.05, 3.63) is 87.1 Å². The molecule has 36 heavy (non-hydrogen) atoms. The van der Waals surface area contributed by atoms with E-state index in [1.807, 2.05) is 80.7 Å². The van der Waals surface area contributed by atoms with Gasteiger partial charge in [-0.2, -0.15) is 4.31 Å². The number of sulfonamides is 1. The van der Waals surface area contributed by atoms with Crippen LogP contribution in [0.3, 0.4) is 0 Å². The molecule has 1 aliphatic rings. The minimum absolute atomic E-state index is 0.166. The van der Waals surface area contributed by atoms with E-state index in [2.05, 4.69) is 0 Å². The van der Waals surface area contributed by atoms with Gasteiger partial charge in [0.2, 0.25) is 15.9 Å². The second-order valence-corrected chi connectivity index (χ2v) is 12.4. The van der Waals surface area contributed by atoms with Crippen LogP contribution in [0.5, 0.6) is 0 Å². The van der Waals surface area contributed by atoms with Crippen molar-refractivity contribution < 1.29 is 17.9 Å². The highest BCUT2D eigenvalue weighted by atomic mass is 32.2. The molecule has 2 heterocycles. The normalized spacial score (nSPS) is 15.9. The highest BCUT2D eigenvalue weighted by Gasteiger charge is 2.34. The molecule has 4 rings (SSSR count). The first-order chi connectivity index (χ1) is 17.2. The summed E-state index contributed by atoms with van der Waals surface area (Å²) in [6.45, 7) is 6.99. The number of amides is 1. The van der Waals surface area contributed by atoms with Crippen LogP contribution in [0, 0.1) is 20.8 Å². The molecule has 1 aromatic heterocycles. The van der Waals surface area contributed by atoms with Gasteiger partial charge in [-0.3, -0.25) is 4.79 Å². The fourth-order valence-corrected chi connectivity index (χ4v) is 7.40. The van der Waals surface area contributed by atoms with E-state index in [1.54, 1.807) is 16.2 Å². The summed E-state index contributed by atoms with van der Waals surface area (Å²) in [5.41, 5.74) is 3.39. The zero-order chi connectivity index (χ0) is 25.7. The van der Waals surface area contributed by atoms with Crippen molar-refractivity contribution in [2.75, 3.05) is 19.7 Å². The number of thiophene rings is 1. The smallest absolute Gasteiger partial charge is 0.244 e. The summed E-state index contributed by atoms with van der Waals surface area (Å²) < 4.78 is 35.1. The first-order valence-electron chi connectivity index (χ1n) is 12.3. The number of ether oxygens (including phenoxy) is 1. The zero-order valence-electron chi connectivity index (χ0n) is 21.1. The van der Waals surface area contributed by atoms with Gasteiger partial charge in [0.1, 0.15) is 0 Å². The fraction of sp³-hybridized carbons (Fsp3) is 0.393. The molecule has 192 valence electrons. The lowest BCUT2D eigenvalue weighted by Crippen LogP contribution is -2.45. The predicted octanol–water partition coefficient (Wildman–Crippen LogP) is 5.07. The zero-order valence-corrected chi connectivity index (χ0v) is 22.8. The minimum Gasteiger partial charge on any atom is -0.377 e. The van der Waals surface area contributed by atoms with E-state index in [0.29, 0.717) is 30.8 Å². The van der Waals surface area contributed by atoms with Gasteiger partial charge in [0.15, 0.2) is 0 Å². The molecular formula is C28H34N2O4S2. The van der Waals surface area contributed by atoms with Gasteiger partial charge in [-0.25, -0.2) is 8.42 Å². The van der Waals surface area contributed by atoms with Crippen molar-refractivity contribution in [3.8, 4) is 0 Å². The average Bonchev–Trinajstić information content (AvgIpc) is 3.52. The van der Waals surface area contributed by atoms with Crippen LogP contribution in [0.1, 0.15) is 40.0 Å². The summed E-state index contributed by atoms with van der Waals surface area (Å²) in [6.07, 6.45) is 1.47. The lowest BCUT2D eigenvalue weighted by molar-refractivity contribution is -0.132. The first-order valence-corrected chi connectivity index (χ1v) is 14.6. The first kappa shape index (κ1) is 26.5. The Balaban J connectivity index is 1.65. The predicted molar refractivity (Wildman–Crippen MR) is 143 cm³/mol. The van der Waals surface area contributed by atoms with E-state index < -0.39 is 10.0 Å². The Kier molecular flexibility index (Phi) is 8.62. The summed E-state index contributed by atoms with van der Waals surface area (Å²) in [6, 6.07) is 17.5. The maximum atomic E-state index is 14.0.